The SMILES string of the molecule is CCOC(=O)C(C(N)=O)C1=NCCN1Cc1ccccc1. The molecule has 1 heterocycles. The van der Waals surface area contributed by atoms with E-state index in [1.165, 1.54) is 0 Å². The highest BCUT2D eigenvalue weighted by atomic mass is 16.5. The highest BCUT2D eigenvalue weighted by Crippen LogP contribution is 2.16. The minimum atomic E-state index is -1.13. The number of nitrogens with zero attached hydrogens (tertiary/aromatic N) is 2. The fraction of sp³-hybridized carbons (Fsp3) is 0.400. The number of carbonyl (C=O) groups excluding carboxylic acids is 2. The fourth-order valence-corrected chi connectivity index (χ4v) is 2.31. The first kappa shape index (κ1) is 15.0. The Morgan fingerprint density at radius 3 is 2.71 bits per heavy atom. The van der Waals surface area contributed by atoms with Gasteiger partial charge >= 0.3 is 5.97 Å². The molecule has 1 atom stereocenters. The van der Waals surface area contributed by atoms with Gasteiger partial charge in [-0.1, -0.05) is 30.3 Å². The molecule has 1 aliphatic heterocycles. The predicted octanol–water partition coefficient (Wildman–Crippen LogP) is 0.565. The topological polar surface area (TPSA) is 85.0 Å². The Labute approximate surface area is 123 Å². The molecule has 0 spiro atoms. The predicted molar refractivity (Wildman–Crippen MR) is 78.5 cm³/mol. The van der Waals surface area contributed by atoms with Crippen LogP contribution < -0.4 is 5.73 Å². The number of benzene rings is 1. The standard InChI is InChI=1S/C15H19N3O3/c1-2-21-15(20)12(13(16)19)14-17-8-9-18(14)10-11-6-4-3-5-7-11/h3-7,12H,2,8-10H2,1H3,(H2,16,19). The number of rotatable bonds is 6. The van der Waals surface area contributed by atoms with Crippen LogP contribution in [0.3, 0.4) is 0 Å². The average molecular weight is 289 g/mol. The number of hydrogen-bond donors (Lipinski definition) is 1. The van der Waals surface area contributed by atoms with E-state index < -0.39 is 17.8 Å². The Morgan fingerprint density at radius 2 is 2.10 bits per heavy atom. The van der Waals surface area contributed by atoms with Crippen LogP contribution in [0.4, 0.5) is 0 Å². The van der Waals surface area contributed by atoms with Crippen LogP contribution in [0.1, 0.15) is 12.5 Å². The normalized spacial score (nSPS) is 15.5. The summed E-state index contributed by atoms with van der Waals surface area (Å²) in [5, 5.41) is 0. The molecule has 1 amide bonds. The third kappa shape index (κ3) is 3.59. The van der Waals surface area contributed by atoms with Crippen molar-refractivity contribution in [1.29, 1.82) is 0 Å². The van der Waals surface area contributed by atoms with E-state index in [-0.39, 0.29) is 6.61 Å². The van der Waals surface area contributed by atoms with Crippen molar-refractivity contribution in [3.63, 3.8) is 0 Å². The van der Waals surface area contributed by atoms with Crippen molar-refractivity contribution >= 4 is 17.7 Å². The minimum absolute atomic E-state index is 0.203. The zero-order valence-corrected chi connectivity index (χ0v) is 12.0. The molecular formula is C15H19N3O3. The van der Waals surface area contributed by atoms with E-state index in [1.54, 1.807) is 6.92 Å². The molecule has 21 heavy (non-hydrogen) atoms. The average Bonchev–Trinajstić information content (AvgIpc) is 2.88. The summed E-state index contributed by atoms with van der Waals surface area (Å²) in [6, 6.07) is 9.80. The summed E-state index contributed by atoms with van der Waals surface area (Å²) in [5.74, 6) is -2.09. The molecule has 0 bridgehead atoms. The van der Waals surface area contributed by atoms with Crippen molar-refractivity contribution in [2.45, 2.75) is 13.5 Å². The number of amidine groups is 1. The van der Waals surface area contributed by atoms with E-state index in [2.05, 4.69) is 4.99 Å². The van der Waals surface area contributed by atoms with E-state index in [1.807, 2.05) is 35.2 Å². The lowest BCUT2D eigenvalue weighted by Gasteiger charge is -2.24. The minimum Gasteiger partial charge on any atom is -0.465 e. The molecule has 1 aliphatic rings. The molecule has 2 rings (SSSR count). The van der Waals surface area contributed by atoms with Crippen LogP contribution in [0.2, 0.25) is 0 Å². The van der Waals surface area contributed by atoms with Crippen LogP contribution in [-0.4, -0.2) is 42.3 Å². The lowest BCUT2D eigenvalue weighted by molar-refractivity contribution is -0.148. The second kappa shape index (κ2) is 6.88. The van der Waals surface area contributed by atoms with Crippen molar-refractivity contribution in [1.82, 2.24) is 4.90 Å². The van der Waals surface area contributed by atoms with Gasteiger partial charge in [-0.2, -0.15) is 0 Å². The molecule has 0 fully saturated rings. The van der Waals surface area contributed by atoms with Gasteiger partial charge in [0, 0.05) is 13.1 Å². The summed E-state index contributed by atoms with van der Waals surface area (Å²) in [6.45, 7) is 3.68. The van der Waals surface area contributed by atoms with Gasteiger partial charge in [0.15, 0.2) is 5.92 Å². The third-order valence-corrected chi connectivity index (χ3v) is 3.25. The number of hydrogen-bond acceptors (Lipinski definition) is 5. The maximum Gasteiger partial charge on any atom is 0.326 e. The molecule has 1 unspecified atom stereocenters. The van der Waals surface area contributed by atoms with Crippen LogP contribution in [0.25, 0.3) is 0 Å². The van der Waals surface area contributed by atoms with Gasteiger partial charge in [-0.25, -0.2) is 0 Å². The second-order valence-electron chi connectivity index (χ2n) is 4.73. The van der Waals surface area contributed by atoms with Crippen LogP contribution in [-0.2, 0) is 20.9 Å². The van der Waals surface area contributed by atoms with Gasteiger partial charge in [0.2, 0.25) is 5.91 Å². The Hall–Kier alpha value is -2.37. The Kier molecular flexibility index (Phi) is 4.92. The zero-order valence-electron chi connectivity index (χ0n) is 12.0. The van der Waals surface area contributed by atoms with Gasteiger partial charge in [-0.05, 0) is 12.5 Å². The number of esters is 1. The van der Waals surface area contributed by atoms with Crippen LogP contribution >= 0.6 is 0 Å². The molecule has 1 aromatic rings. The molecule has 0 aromatic heterocycles. The van der Waals surface area contributed by atoms with Crippen molar-refractivity contribution in [3.05, 3.63) is 35.9 Å². The summed E-state index contributed by atoms with van der Waals surface area (Å²) in [6.07, 6.45) is 0. The van der Waals surface area contributed by atoms with E-state index >= 15 is 0 Å². The smallest absolute Gasteiger partial charge is 0.326 e. The van der Waals surface area contributed by atoms with Gasteiger partial charge in [-0.3, -0.25) is 14.6 Å². The van der Waals surface area contributed by atoms with Crippen LogP contribution in [0.15, 0.2) is 35.3 Å². The molecule has 2 N–H and O–H groups in total. The van der Waals surface area contributed by atoms with Crippen molar-refractivity contribution < 1.29 is 14.3 Å². The first-order valence-electron chi connectivity index (χ1n) is 6.92. The number of primary amides is 1. The second-order valence-corrected chi connectivity index (χ2v) is 4.73. The molecule has 0 radical (unpaired) electrons. The molecule has 6 nitrogen and oxygen atoms in total. The molecule has 6 heteroatoms. The number of aliphatic imine (C=N–C) groups is 1. The zero-order chi connectivity index (χ0) is 15.2. The Bertz CT molecular complexity index is 542. The van der Waals surface area contributed by atoms with E-state index in [0.29, 0.717) is 25.5 Å². The molecule has 0 aliphatic carbocycles. The fourth-order valence-electron chi connectivity index (χ4n) is 2.31. The van der Waals surface area contributed by atoms with E-state index in [0.717, 1.165) is 5.56 Å². The lowest BCUT2D eigenvalue weighted by Crippen LogP contribution is -2.44. The van der Waals surface area contributed by atoms with Gasteiger partial charge < -0.3 is 15.4 Å². The number of ether oxygens (including phenoxy) is 1. The summed E-state index contributed by atoms with van der Waals surface area (Å²) >= 11 is 0. The molecule has 112 valence electrons. The maximum absolute atomic E-state index is 11.9. The van der Waals surface area contributed by atoms with Crippen molar-refractivity contribution in [3.8, 4) is 0 Å². The first-order valence-corrected chi connectivity index (χ1v) is 6.92. The lowest BCUT2D eigenvalue weighted by atomic mass is 10.1. The largest absolute Gasteiger partial charge is 0.465 e. The van der Waals surface area contributed by atoms with Crippen LogP contribution in [0, 0.1) is 5.92 Å². The van der Waals surface area contributed by atoms with Crippen molar-refractivity contribution in [2.75, 3.05) is 19.7 Å². The third-order valence-electron chi connectivity index (χ3n) is 3.25. The highest BCUT2D eigenvalue weighted by molar-refractivity contribution is 6.17. The van der Waals surface area contributed by atoms with Crippen LogP contribution in [0.5, 0.6) is 0 Å². The van der Waals surface area contributed by atoms with Gasteiger partial charge in [0.1, 0.15) is 5.84 Å². The molecule has 1 aromatic carbocycles. The summed E-state index contributed by atoms with van der Waals surface area (Å²) in [4.78, 5) is 29.7. The Balaban J connectivity index is 2.15. The first-order chi connectivity index (χ1) is 10.1. The molecule has 0 saturated carbocycles. The number of nitrogens with two attached hydrogens (primary N) is 1. The maximum atomic E-state index is 11.9. The summed E-state index contributed by atoms with van der Waals surface area (Å²) in [7, 11) is 0. The van der Waals surface area contributed by atoms with E-state index in [9.17, 15) is 9.59 Å². The van der Waals surface area contributed by atoms with Gasteiger partial charge in [0.05, 0.1) is 13.2 Å². The quantitative estimate of drug-likeness (QED) is 0.612. The monoisotopic (exact) mass is 289 g/mol. The number of amides is 1. The van der Waals surface area contributed by atoms with Gasteiger partial charge in [0.25, 0.3) is 0 Å². The summed E-state index contributed by atoms with van der Waals surface area (Å²) in [5.41, 5.74) is 6.44. The Morgan fingerprint density at radius 1 is 1.38 bits per heavy atom. The van der Waals surface area contributed by atoms with E-state index in [4.69, 9.17) is 10.5 Å². The molecular weight excluding hydrogens is 270 g/mol. The molecule has 0 saturated heterocycles. The van der Waals surface area contributed by atoms with Crippen molar-refractivity contribution in [2.24, 2.45) is 16.6 Å². The van der Waals surface area contributed by atoms with Gasteiger partial charge in [-0.15, -0.1) is 0 Å². The number of carbonyl (C=O) groups is 2. The summed E-state index contributed by atoms with van der Waals surface area (Å²) < 4.78 is 4.93. The highest BCUT2D eigenvalue weighted by Gasteiger charge is 2.36.